The second-order valence-electron chi connectivity index (χ2n) is 8.86. The molecule has 0 bridgehead atoms. The number of carbonyl (C=O) groups excluding carboxylic acids is 1. The van der Waals surface area contributed by atoms with Gasteiger partial charge in [0, 0.05) is 43.4 Å². The molecule has 0 spiro atoms. The molecule has 0 saturated carbocycles. The highest BCUT2D eigenvalue weighted by atomic mass is 16.5. The van der Waals surface area contributed by atoms with Gasteiger partial charge < -0.3 is 24.4 Å². The number of hydrogen-bond acceptors (Lipinski definition) is 6. The van der Waals surface area contributed by atoms with Crippen LogP contribution in [-0.4, -0.2) is 56.7 Å². The first-order valence-corrected chi connectivity index (χ1v) is 11.8. The third kappa shape index (κ3) is 4.59. The Morgan fingerprint density at radius 1 is 1.14 bits per heavy atom. The Morgan fingerprint density at radius 3 is 2.86 bits per heavy atom. The minimum absolute atomic E-state index is 0.111. The maximum atomic E-state index is 12.2. The van der Waals surface area contributed by atoms with Crippen molar-refractivity contribution in [2.75, 3.05) is 40.9 Å². The van der Waals surface area contributed by atoms with Crippen LogP contribution in [0.1, 0.15) is 22.3 Å². The van der Waals surface area contributed by atoms with Gasteiger partial charge in [0.15, 0.2) is 11.5 Å². The number of aromatic nitrogens is 1. The quantitative estimate of drug-likeness (QED) is 0.372. The standard InChI is InChI=1S/C28H29N3O4/c1-29-28(32)21-7-4-6-18-16-19(8-9-20(18)21)35-24-10-12-30-23-17-25(33-14-5-13-31(2)3)27-22(26(23)24)11-15-34-27/h4,6-10,12,16-17H,5,11,13-15H2,1-3H3,(H,29,32). The first-order valence-electron chi connectivity index (χ1n) is 11.8. The minimum atomic E-state index is -0.111. The van der Waals surface area contributed by atoms with E-state index in [1.165, 1.54) is 0 Å². The van der Waals surface area contributed by atoms with Gasteiger partial charge in [-0.05, 0) is 61.6 Å². The largest absolute Gasteiger partial charge is 0.490 e. The molecule has 4 aromatic rings. The normalized spacial score (nSPS) is 12.6. The van der Waals surface area contributed by atoms with Crippen LogP contribution in [0.4, 0.5) is 0 Å². The molecule has 0 fully saturated rings. The topological polar surface area (TPSA) is 72.9 Å². The fourth-order valence-electron chi connectivity index (χ4n) is 4.52. The van der Waals surface area contributed by atoms with Gasteiger partial charge in [0.05, 0.1) is 24.1 Å². The van der Waals surface area contributed by atoms with Crippen LogP contribution in [0.2, 0.25) is 0 Å². The number of hydrogen-bond donors (Lipinski definition) is 1. The van der Waals surface area contributed by atoms with Gasteiger partial charge in [-0.25, -0.2) is 0 Å². The van der Waals surface area contributed by atoms with E-state index in [9.17, 15) is 4.79 Å². The van der Waals surface area contributed by atoms with E-state index in [0.717, 1.165) is 63.9 Å². The number of fused-ring (bicyclic) bond motifs is 4. The van der Waals surface area contributed by atoms with Crippen LogP contribution >= 0.6 is 0 Å². The number of pyridine rings is 1. The van der Waals surface area contributed by atoms with E-state index >= 15 is 0 Å². The Labute approximate surface area is 204 Å². The summed E-state index contributed by atoms with van der Waals surface area (Å²) in [6.07, 6.45) is 3.45. The third-order valence-electron chi connectivity index (χ3n) is 6.17. The fourth-order valence-corrected chi connectivity index (χ4v) is 4.52. The summed E-state index contributed by atoms with van der Waals surface area (Å²) in [5.74, 6) is 2.82. The van der Waals surface area contributed by atoms with Crippen LogP contribution in [0.3, 0.4) is 0 Å². The third-order valence-corrected chi connectivity index (χ3v) is 6.17. The highest BCUT2D eigenvalue weighted by Gasteiger charge is 2.24. The molecule has 35 heavy (non-hydrogen) atoms. The molecule has 1 aliphatic rings. The zero-order valence-corrected chi connectivity index (χ0v) is 20.3. The molecule has 7 heteroatoms. The zero-order valence-electron chi connectivity index (χ0n) is 20.3. The summed E-state index contributed by atoms with van der Waals surface area (Å²) in [5.41, 5.74) is 2.52. The maximum absolute atomic E-state index is 12.2. The number of benzene rings is 3. The summed E-state index contributed by atoms with van der Waals surface area (Å²) < 4.78 is 18.4. The number of nitrogens with zero attached hydrogens (tertiary/aromatic N) is 2. The van der Waals surface area contributed by atoms with E-state index in [1.54, 1.807) is 13.2 Å². The van der Waals surface area contributed by atoms with Gasteiger partial charge in [-0.3, -0.25) is 9.78 Å². The summed E-state index contributed by atoms with van der Waals surface area (Å²) in [6.45, 7) is 2.18. The molecule has 1 aliphatic heterocycles. The molecule has 0 atom stereocenters. The Kier molecular flexibility index (Phi) is 6.42. The molecular weight excluding hydrogens is 442 g/mol. The Hall–Kier alpha value is -3.84. The van der Waals surface area contributed by atoms with Crippen LogP contribution in [0.5, 0.6) is 23.0 Å². The van der Waals surface area contributed by atoms with Crippen LogP contribution in [-0.2, 0) is 6.42 Å². The second-order valence-corrected chi connectivity index (χ2v) is 8.86. The number of ether oxygens (including phenoxy) is 3. The molecule has 1 amide bonds. The lowest BCUT2D eigenvalue weighted by molar-refractivity contribution is 0.0964. The molecule has 2 heterocycles. The fraction of sp³-hybridized carbons (Fsp3) is 0.286. The van der Waals surface area contributed by atoms with Crippen molar-refractivity contribution in [3.8, 4) is 23.0 Å². The summed E-state index contributed by atoms with van der Waals surface area (Å²) in [6, 6.07) is 15.3. The van der Waals surface area contributed by atoms with E-state index in [4.69, 9.17) is 14.2 Å². The van der Waals surface area contributed by atoms with Crippen molar-refractivity contribution >= 4 is 27.6 Å². The molecule has 1 N–H and O–H groups in total. The van der Waals surface area contributed by atoms with E-state index in [0.29, 0.717) is 24.5 Å². The van der Waals surface area contributed by atoms with Gasteiger partial charge in [-0.15, -0.1) is 0 Å². The van der Waals surface area contributed by atoms with E-state index in [2.05, 4.69) is 29.3 Å². The van der Waals surface area contributed by atoms with Crippen molar-refractivity contribution in [2.45, 2.75) is 12.8 Å². The molecule has 0 saturated heterocycles. The Bertz CT molecular complexity index is 1400. The minimum Gasteiger partial charge on any atom is -0.490 e. The van der Waals surface area contributed by atoms with Crippen molar-refractivity contribution in [1.82, 2.24) is 15.2 Å². The maximum Gasteiger partial charge on any atom is 0.251 e. The Morgan fingerprint density at radius 2 is 2.03 bits per heavy atom. The van der Waals surface area contributed by atoms with Crippen LogP contribution in [0.25, 0.3) is 21.7 Å². The molecule has 3 aromatic carbocycles. The zero-order chi connectivity index (χ0) is 24.4. The molecule has 5 rings (SSSR count). The average Bonchev–Trinajstić information content (AvgIpc) is 3.36. The van der Waals surface area contributed by atoms with Crippen molar-refractivity contribution < 1.29 is 19.0 Å². The summed E-state index contributed by atoms with van der Waals surface area (Å²) in [7, 11) is 5.74. The van der Waals surface area contributed by atoms with Gasteiger partial charge in [0.1, 0.15) is 11.5 Å². The van der Waals surface area contributed by atoms with Gasteiger partial charge in [0.25, 0.3) is 5.91 Å². The van der Waals surface area contributed by atoms with E-state index < -0.39 is 0 Å². The first kappa shape index (κ1) is 22.9. The molecule has 7 nitrogen and oxygen atoms in total. The molecular formula is C28H29N3O4. The Balaban J connectivity index is 1.48. The molecule has 0 unspecified atom stereocenters. The predicted molar refractivity (Wildman–Crippen MR) is 137 cm³/mol. The summed E-state index contributed by atoms with van der Waals surface area (Å²) in [5, 5.41) is 5.45. The van der Waals surface area contributed by atoms with Crippen molar-refractivity contribution in [1.29, 1.82) is 0 Å². The van der Waals surface area contributed by atoms with Gasteiger partial charge in [-0.2, -0.15) is 0 Å². The van der Waals surface area contributed by atoms with Gasteiger partial charge in [-0.1, -0.05) is 12.1 Å². The summed E-state index contributed by atoms with van der Waals surface area (Å²) in [4.78, 5) is 19.0. The van der Waals surface area contributed by atoms with E-state index in [-0.39, 0.29) is 5.91 Å². The summed E-state index contributed by atoms with van der Waals surface area (Å²) >= 11 is 0. The monoisotopic (exact) mass is 471 g/mol. The van der Waals surface area contributed by atoms with Gasteiger partial charge >= 0.3 is 0 Å². The van der Waals surface area contributed by atoms with Crippen molar-refractivity contribution in [3.05, 3.63) is 65.9 Å². The smallest absolute Gasteiger partial charge is 0.251 e. The second kappa shape index (κ2) is 9.80. The van der Waals surface area contributed by atoms with Crippen molar-refractivity contribution in [2.24, 2.45) is 0 Å². The van der Waals surface area contributed by atoms with Crippen molar-refractivity contribution in [3.63, 3.8) is 0 Å². The highest BCUT2D eigenvalue weighted by molar-refractivity contribution is 6.07. The van der Waals surface area contributed by atoms with Crippen LogP contribution < -0.4 is 19.5 Å². The molecule has 180 valence electrons. The molecule has 1 aromatic heterocycles. The first-order chi connectivity index (χ1) is 17.0. The lowest BCUT2D eigenvalue weighted by Crippen LogP contribution is -2.17. The average molecular weight is 472 g/mol. The predicted octanol–water partition coefficient (Wildman–Crippen LogP) is 4.81. The van der Waals surface area contributed by atoms with Crippen LogP contribution in [0.15, 0.2) is 54.7 Å². The number of amides is 1. The lowest BCUT2D eigenvalue weighted by Gasteiger charge is -2.16. The number of nitrogens with one attached hydrogen (secondary N) is 1. The van der Waals surface area contributed by atoms with Crippen LogP contribution in [0, 0.1) is 0 Å². The lowest BCUT2D eigenvalue weighted by atomic mass is 10.0. The SMILES string of the molecule is CNC(=O)c1cccc2cc(Oc3ccnc4cc(OCCCN(C)C)c5c(c34)CCO5)ccc12. The number of carbonyl (C=O) groups is 1. The molecule has 0 radical (unpaired) electrons. The van der Waals surface area contributed by atoms with Gasteiger partial charge in [0.2, 0.25) is 0 Å². The van der Waals surface area contributed by atoms with E-state index in [1.807, 2.05) is 48.5 Å². The highest BCUT2D eigenvalue weighted by Crippen LogP contribution is 2.44. The number of rotatable bonds is 8. The molecule has 0 aliphatic carbocycles.